The Hall–Kier alpha value is -3.15. The van der Waals surface area contributed by atoms with Gasteiger partial charge in [0.2, 0.25) is 0 Å². The van der Waals surface area contributed by atoms with Gasteiger partial charge in [0.15, 0.2) is 6.10 Å². The van der Waals surface area contributed by atoms with E-state index in [0.29, 0.717) is 19.3 Å². The molecule has 0 saturated heterocycles. The average molecular weight is 1090 g/mol. The summed E-state index contributed by atoms with van der Waals surface area (Å²) in [6.07, 6.45) is 86.5. The Labute approximate surface area is 484 Å². The van der Waals surface area contributed by atoms with Crippen molar-refractivity contribution in [1.29, 1.82) is 0 Å². The van der Waals surface area contributed by atoms with Gasteiger partial charge in [-0.25, -0.2) is 0 Å². The van der Waals surface area contributed by atoms with Crippen LogP contribution in [0.4, 0.5) is 0 Å². The smallest absolute Gasteiger partial charge is 0.306 e. The van der Waals surface area contributed by atoms with E-state index in [1.807, 2.05) is 0 Å². The highest BCUT2D eigenvalue weighted by molar-refractivity contribution is 5.71. The summed E-state index contributed by atoms with van der Waals surface area (Å²) < 4.78 is 16.9. The third-order valence-corrected chi connectivity index (χ3v) is 15.0. The van der Waals surface area contributed by atoms with Crippen LogP contribution in [0.2, 0.25) is 0 Å². The highest BCUT2D eigenvalue weighted by Gasteiger charge is 2.19. The molecule has 0 aliphatic heterocycles. The van der Waals surface area contributed by atoms with Crippen LogP contribution in [0.5, 0.6) is 0 Å². The van der Waals surface area contributed by atoms with Crippen molar-refractivity contribution < 1.29 is 28.6 Å². The van der Waals surface area contributed by atoms with Crippen LogP contribution in [0.1, 0.15) is 348 Å². The van der Waals surface area contributed by atoms with Gasteiger partial charge in [-0.3, -0.25) is 14.4 Å². The molecule has 6 heteroatoms. The van der Waals surface area contributed by atoms with Crippen LogP contribution >= 0.6 is 0 Å². The molecule has 0 N–H and O–H groups in total. The predicted molar refractivity (Wildman–Crippen MR) is 339 cm³/mol. The number of carbonyl (C=O) groups is 3. The van der Waals surface area contributed by atoms with Gasteiger partial charge in [-0.1, -0.05) is 331 Å². The lowest BCUT2D eigenvalue weighted by Crippen LogP contribution is -2.30. The molecular formula is C72H128O6. The largest absolute Gasteiger partial charge is 0.462 e. The van der Waals surface area contributed by atoms with Gasteiger partial charge in [0, 0.05) is 19.3 Å². The molecule has 0 aromatic heterocycles. The van der Waals surface area contributed by atoms with Crippen molar-refractivity contribution in [3.8, 4) is 0 Å². The number of unbranched alkanes of at least 4 members (excludes halogenated alkanes) is 39. The summed E-state index contributed by atoms with van der Waals surface area (Å²) >= 11 is 0. The van der Waals surface area contributed by atoms with Gasteiger partial charge in [0.1, 0.15) is 13.2 Å². The minimum Gasteiger partial charge on any atom is -0.462 e. The van der Waals surface area contributed by atoms with Crippen molar-refractivity contribution >= 4 is 17.9 Å². The maximum atomic E-state index is 12.9. The number of carbonyl (C=O) groups excluding carboxylic acids is 3. The number of rotatable bonds is 62. The second-order valence-corrected chi connectivity index (χ2v) is 22.7. The minimum absolute atomic E-state index is 0.0818. The molecule has 0 amide bonds. The number of esters is 3. The number of hydrogen-bond acceptors (Lipinski definition) is 6. The normalized spacial score (nSPS) is 12.5. The summed E-state index contributed by atoms with van der Waals surface area (Å²) in [6, 6.07) is 0. The van der Waals surface area contributed by atoms with Crippen molar-refractivity contribution in [2.24, 2.45) is 0 Å². The van der Waals surface area contributed by atoms with Gasteiger partial charge in [0.05, 0.1) is 0 Å². The second kappa shape index (κ2) is 66.4. The molecule has 0 heterocycles. The molecule has 452 valence electrons. The molecule has 0 aliphatic carbocycles. The predicted octanol–water partition coefficient (Wildman–Crippen LogP) is 23.3. The fraction of sp³-hybridized carbons (Fsp3) is 0.792. The van der Waals surface area contributed by atoms with Crippen LogP contribution in [-0.2, 0) is 28.6 Å². The van der Waals surface area contributed by atoms with Crippen molar-refractivity contribution in [3.63, 3.8) is 0 Å². The summed E-state index contributed by atoms with van der Waals surface area (Å²) in [4.78, 5) is 38.3. The van der Waals surface area contributed by atoms with Crippen molar-refractivity contribution in [1.82, 2.24) is 0 Å². The molecule has 1 atom stereocenters. The maximum absolute atomic E-state index is 12.9. The van der Waals surface area contributed by atoms with Crippen molar-refractivity contribution in [3.05, 3.63) is 72.9 Å². The summed E-state index contributed by atoms with van der Waals surface area (Å²) in [6.45, 7) is 6.54. The highest BCUT2D eigenvalue weighted by Crippen LogP contribution is 2.18. The molecule has 0 spiro atoms. The summed E-state index contributed by atoms with van der Waals surface area (Å²) in [5.41, 5.74) is 0. The van der Waals surface area contributed by atoms with E-state index in [2.05, 4.69) is 93.7 Å². The Kier molecular flexibility index (Phi) is 63.7. The quantitative estimate of drug-likeness (QED) is 0.0261. The van der Waals surface area contributed by atoms with Gasteiger partial charge in [-0.15, -0.1) is 0 Å². The fourth-order valence-corrected chi connectivity index (χ4v) is 9.92. The first-order valence-electron chi connectivity index (χ1n) is 33.9. The molecular weight excluding hydrogens is 961 g/mol. The van der Waals surface area contributed by atoms with E-state index in [1.165, 1.54) is 199 Å². The van der Waals surface area contributed by atoms with Crippen LogP contribution in [0.15, 0.2) is 72.9 Å². The Morgan fingerprint density at radius 2 is 0.500 bits per heavy atom. The van der Waals surface area contributed by atoms with E-state index in [4.69, 9.17) is 14.2 Å². The van der Waals surface area contributed by atoms with E-state index < -0.39 is 6.10 Å². The van der Waals surface area contributed by atoms with Crippen LogP contribution in [0, 0.1) is 0 Å². The topological polar surface area (TPSA) is 78.9 Å². The van der Waals surface area contributed by atoms with E-state index >= 15 is 0 Å². The maximum Gasteiger partial charge on any atom is 0.306 e. The zero-order valence-corrected chi connectivity index (χ0v) is 51.9. The standard InChI is InChI=1S/C72H128O6/c1-4-7-10-13-16-19-22-24-26-28-30-32-34-35-36-37-39-40-42-44-46-48-50-53-56-59-62-65-71(74)77-68-69(67-76-70(73)64-61-58-55-52-21-18-15-12-9-6-3)78-72(75)66-63-60-57-54-51-49-47-45-43-41-38-33-31-29-27-25-23-20-17-14-11-8-5-2/h8,11,17,20,25,27,31,33,41,43,47,49,69H,4-7,9-10,12-16,18-19,21-24,26,28-30,32,34-40,42,44-46,48,50-68H2,1-3H3/b11-8-,20-17-,27-25-,33-31-,43-41-,49-47-. The number of ether oxygens (including phenoxy) is 3. The third kappa shape index (κ3) is 63.7. The highest BCUT2D eigenvalue weighted by atomic mass is 16.6. The summed E-state index contributed by atoms with van der Waals surface area (Å²) in [7, 11) is 0. The van der Waals surface area contributed by atoms with Gasteiger partial charge < -0.3 is 14.2 Å². The van der Waals surface area contributed by atoms with Crippen molar-refractivity contribution in [2.75, 3.05) is 13.2 Å². The van der Waals surface area contributed by atoms with E-state index in [9.17, 15) is 14.4 Å². The lowest BCUT2D eigenvalue weighted by atomic mass is 10.0. The summed E-state index contributed by atoms with van der Waals surface area (Å²) in [5, 5.41) is 0. The first-order chi connectivity index (χ1) is 38.5. The summed E-state index contributed by atoms with van der Waals surface area (Å²) in [5.74, 6) is -0.891. The van der Waals surface area contributed by atoms with Gasteiger partial charge in [-0.05, 0) is 70.6 Å². The molecule has 0 radical (unpaired) electrons. The Morgan fingerprint density at radius 1 is 0.269 bits per heavy atom. The van der Waals surface area contributed by atoms with E-state index in [0.717, 1.165) is 109 Å². The number of allylic oxidation sites excluding steroid dienone is 12. The first kappa shape index (κ1) is 74.8. The Balaban J connectivity index is 4.22. The lowest BCUT2D eigenvalue weighted by Gasteiger charge is -2.18. The second-order valence-electron chi connectivity index (χ2n) is 22.7. The van der Waals surface area contributed by atoms with E-state index in [-0.39, 0.29) is 31.1 Å². The Bertz CT molecular complexity index is 1440. The zero-order valence-electron chi connectivity index (χ0n) is 51.9. The van der Waals surface area contributed by atoms with Crippen LogP contribution < -0.4 is 0 Å². The van der Waals surface area contributed by atoms with E-state index in [1.54, 1.807) is 0 Å². The third-order valence-electron chi connectivity index (χ3n) is 15.0. The minimum atomic E-state index is -0.787. The molecule has 0 rings (SSSR count). The van der Waals surface area contributed by atoms with Gasteiger partial charge in [-0.2, -0.15) is 0 Å². The fourth-order valence-electron chi connectivity index (χ4n) is 9.92. The van der Waals surface area contributed by atoms with Crippen LogP contribution in [-0.4, -0.2) is 37.2 Å². The molecule has 0 aromatic rings. The molecule has 78 heavy (non-hydrogen) atoms. The molecule has 6 nitrogen and oxygen atoms in total. The van der Waals surface area contributed by atoms with Crippen LogP contribution in [0.25, 0.3) is 0 Å². The van der Waals surface area contributed by atoms with Crippen molar-refractivity contribution in [2.45, 2.75) is 354 Å². The number of hydrogen-bond donors (Lipinski definition) is 0. The zero-order chi connectivity index (χ0) is 56.4. The lowest BCUT2D eigenvalue weighted by molar-refractivity contribution is -0.167. The van der Waals surface area contributed by atoms with Crippen LogP contribution in [0.3, 0.4) is 0 Å². The Morgan fingerprint density at radius 3 is 0.782 bits per heavy atom. The average Bonchev–Trinajstić information content (AvgIpc) is 3.44. The van der Waals surface area contributed by atoms with Gasteiger partial charge in [0.25, 0.3) is 0 Å². The molecule has 0 aliphatic rings. The molecule has 0 aromatic carbocycles. The first-order valence-corrected chi connectivity index (χ1v) is 33.9. The molecule has 0 fully saturated rings. The van der Waals surface area contributed by atoms with Gasteiger partial charge >= 0.3 is 17.9 Å². The molecule has 0 saturated carbocycles. The monoisotopic (exact) mass is 1090 g/mol. The molecule has 0 bridgehead atoms. The molecule has 1 unspecified atom stereocenters. The SMILES string of the molecule is CC/C=C\C/C=C\C/C=C\C/C=C\C/C=C\C/C=C\CCCCCCC(=O)OC(COC(=O)CCCCCCCCCCCC)COC(=O)CCCCCCCCCCCCCCCCCCCCCCCCCCCCC.